The molecule has 2 atom stereocenters. The first kappa shape index (κ1) is 18.9. The fourth-order valence-corrected chi connectivity index (χ4v) is 4.18. The Morgan fingerprint density at radius 1 is 1.29 bits per heavy atom. The van der Waals surface area contributed by atoms with Crippen LogP contribution in [0.5, 0.6) is 0 Å². The first-order valence-corrected chi connectivity index (χ1v) is 9.76. The van der Waals surface area contributed by atoms with E-state index in [0.717, 1.165) is 24.8 Å². The van der Waals surface area contributed by atoms with Gasteiger partial charge in [0.2, 0.25) is 15.9 Å². The van der Waals surface area contributed by atoms with Crippen LogP contribution in [0.1, 0.15) is 38.7 Å². The molecule has 0 bridgehead atoms. The number of rotatable bonds is 6. The standard InChI is InChI=1S/C17H27N3O3S/c1-12(2)20(3)24(22,23)16-8-4-13(5-9-16)11-19-17(21)14-6-7-15(18)10-14/h4-5,8-9,12,14-15H,6-7,10-11,18H2,1-3H3,(H,19,21). The molecule has 24 heavy (non-hydrogen) atoms. The van der Waals surface area contributed by atoms with Crippen LogP contribution in [0.15, 0.2) is 29.2 Å². The highest BCUT2D eigenvalue weighted by Crippen LogP contribution is 2.24. The van der Waals surface area contributed by atoms with Crippen LogP contribution in [0.2, 0.25) is 0 Å². The fraction of sp³-hybridized carbons (Fsp3) is 0.588. The number of carbonyl (C=O) groups excluding carboxylic acids is 1. The van der Waals surface area contributed by atoms with Crippen molar-refractivity contribution in [1.82, 2.24) is 9.62 Å². The van der Waals surface area contributed by atoms with Gasteiger partial charge in [-0.15, -0.1) is 0 Å². The molecule has 0 aliphatic heterocycles. The van der Waals surface area contributed by atoms with Crippen molar-refractivity contribution in [3.8, 4) is 0 Å². The predicted molar refractivity (Wildman–Crippen MR) is 93.7 cm³/mol. The van der Waals surface area contributed by atoms with Gasteiger partial charge in [-0.2, -0.15) is 4.31 Å². The highest BCUT2D eigenvalue weighted by Gasteiger charge is 2.27. The van der Waals surface area contributed by atoms with Gasteiger partial charge < -0.3 is 11.1 Å². The number of sulfonamides is 1. The Bertz CT molecular complexity index is 671. The summed E-state index contributed by atoms with van der Waals surface area (Å²) >= 11 is 0. The van der Waals surface area contributed by atoms with Crippen molar-refractivity contribution in [3.63, 3.8) is 0 Å². The lowest BCUT2D eigenvalue weighted by molar-refractivity contribution is -0.125. The Hall–Kier alpha value is -1.44. The molecule has 134 valence electrons. The summed E-state index contributed by atoms with van der Waals surface area (Å²) in [4.78, 5) is 12.3. The average Bonchev–Trinajstić information content (AvgIpc) is 2.98. The minimum absolute atomic E-state index is 0.000609. The largest absolute Gasteiger partial charge is 0.352 e. The second-order valence-electron chi connectivity index (χ2n) is 6.75. The minimum atomic E-state index is -3.47. The number of carbonyl (C=O) groups is 1. The van der Waals surface area contributed by atoms with Gasteiger partial charge in [0.1, 0.15) is 0 Å². The molecule has 0 saturated heterocycles. The van der Waals surface area contributed by atoms with E-state index in [2.05, 4.69) is 5.32 Å². The van der Waals surface area contributed by atoms with Gasteiger partial charge in [-0.05, 0) is 50.8 Å². The molecule has 1 aliphatic rings. The van der Waals surface area contributed by atoms with Crippen molar-refractivity contribution in [2.75, 3.05) is 7.05 Å². The Labute approximate surface area is 144 Å². The molecule has 2 rings (SSSR count). The van der Waals surface area contributed by atoms with Crippen LogP contribution in [0.25, 0.3) is 0 Å². The van der Waals surface area contributed by atoms with Crippen LogP contribution in [0.3, 0.4) is 0 Å². The third kappa shape index (κ3) is 4.34. The van der Waals surface area contributed by atoms with Gasteiger partial charge in [-0.25, -0.2) is 8.42 Å². The molecule has 2 unspecified atom stereocenters. The van der Waals surface area contributed by atoms with Gasteiger partial charge in [-0.3, -0.25) is 4.79 Å². The van der Waals surface area contributed by atoms with Gasteiger partial charge in [0.15, 0.2) is 0 Å². The maximum absolute atomic E-state index is 12.4. The van der Waals surface area contributed by atoms with E-state index in [9.17, 15) is 13.2 Å². The maximum atomic E-state index is 12.4. The summed E-state index contributed by atoms with van der Waals surface area (Å²) in [5.41, 5.74) is 6.70. The molecule has 0 heterocycles. The quantitative estimate of drug-likeness (QED) is 0.810. The number of hydrogen-bond acceptors (Lipinski definition) is 4. The number of amides is 1. The highest BCUT2D eigenvalue weighted by atomic mass is 32.2. The fourth-order valence-electron chi connectivity index (χ4n) is 2.81. The van der Waals surface area contributed by atoms with Crippen LogP contribution >= 0.6 is 0 Å². The molecule has 6 nitrogen and oxygen atoms in total. The molecule has 0 aromatic heterocycles. The monoisotopic (exact) mass is 353 g/mol. The molecule has 1 amide bonds. The second kappa shape index (κ2) is 7.63. The summed E-state index contributed by atoms with van der Waals surface area (Å²) in [5.74, 6) is 0.0264. The van der Waals surface area contributed by atoms with Crippen LogP contribution in [-0.2, 0) is 21.4 Å². The molecule has 1 fully saturated rings. The van der Waals surface area contributed by atoms with Crippen molar-refractivity contribution >= 4 is 15.9 Å². The molecule has 3 N–H and O–H groups in total. The van der Waals surface area contributed by atoms with Crippen molar-refractivity contribution in [1.29, 1.82) is 0 Å². The smallest absolute Gasteiger partial charge is 0.243 e. The molecule has 0 radical (unpaired) electrons. The van der Waals surface area contributed by atoms with Gasteiger partial charge in [0, 0.05) is 31.6 Å². The van der Waals surface area contributed by atoms with E-state index in [1.165, 1.54) is 4.31 Å². The van der Waals surface area contributed by atoms with Crippen molar-refractivity contribution < 1.29 is 13.2 Å². The van der Waals surface area contributed by atoms with Crippen molar-refractivity contribution in [2.45, 2.75) is 56.6 Å². The zero-order chi connectivity index (χ0) is 17.9. The molecular weight excluding hydrogens is 326 g/mol. The summed E-state index contributed by atoms with van der Waals surface area (Å²) in [6.45, 7) is 4.05. The Morgan fingerprint density at radius 3 is 2.42 bits per heavy atom. The summed E-state index contributed by atoms with van der Waals surface area (Å²) < 4.78 is 26.1. The zero-order valence-corrected chi connectivity index (χ0v) is 15.3. The first-order chi connectivity index (χ1) is 11.2. The minimum Gasteiger partial charge on any atom is -0.352 e. The Morgan fingerprint density at radius 2 is 1.92 bits per heavy atom. The molecule has 1 aromatic carbocycles. The van der Waals surface area contributed by atoms with Crippen LogP contribution in [-0.4, -0.2) is 37.8 Å². The number of nitrogens with two attached hydrogens (primary N) is 1. The van der Waals surface area contributed by atoms with Gasteiger partial charge in [0.05, 0.1) is 4.90 Å². The Kier molecular flexibility index (Phi) is 6.01. The maximum Gasteiger partial charge on any atom is 0.243 e. The number of nitrogens with zero attached hydrogens (tertiary/aromatic N) is 1. The summed E-state index contributed by atoms with van der Waals surface area (Å²) in [5, 5.41) is 2.91. The molecular formula is C17H27N3O3S. The zero-order valence-electron chi connectivity index (χ0n) is 14.5. The van der Waals surface area contributed by atoms with Crippen molar-refractivity contribution in [2.24, 2.45) is 11.7 Å². The van der Waals surface area contributed by atoms with Crippen LogP contribution in [0, 0.1) is 5.92 Å². The first-order valence-electron chi connectivity index (χ1n) is 8.32. The van der Waals surface area contributed by atoms with E-state index in [1.54, 1.807) is 31.3 Å². The van der Waals surface area contributed by atoms with Crippen LogP contribution < -0.4 is 11.1 Å². The van der Waals surface area contributed by atoms with E-state index in [1.807, 2.05) is 13.8 Å². The lowest BCUT2D eigenvalue weighted by Crippen LogP contribution is -2.33. The van der Waals surface area contributed by atoms with E-state index in [-0.39, 0.29) is 28.8 Å². The number of benzene rings is 1. The van der Waals surface area contributed by atoms with E-state index >= 15 is 0 Å². The lowest BCUT2D eigenvalue weighted by atomic mass is 10.1. The topological polar surface area (TPSA) is 92.5 Å². The highest BCUT2D eigenvalue weighted by molar-refractivity contribution is 7.89. The summed E-state index contributed by atoms with van der Waals surface area (Å²) in [6.07, 6.45) is 2.48. The third-order valence-corrected chi connectivity index (χ3v) is 6.69. The average molecular weight is 353 g/mol. The Balaban J connectivity index is 1.96. The van der Waals surface area contributed by atoms with Crippen LogP contribution in [0.4, 0.5) is 0 Å². The van der Waals surface area contributed by atoms with Gasteiger partial charge >= 0.3 is 0 Å². The number of nitrogens with one attached hydrogen (secondary N) is 1. The predicted octanol–water partition coefficient (Wildman–Crippen LogP) is 1.46. The third-order valence-electron chi connectivity index (χ3n) is 4.64. The molecule has 1 saturated carbocycles. The normalized spacial score (nSPS) is 21.4. The second-order valence-corrected chi connectivity index (χ2v) is 8.74. The molecule has 7 heteroatoms. The van der Waals surface area contributed by atoms with Gasteiger partial charge in [0.25, 0.3) is 0 Å². The number of hydrogen-bond donors (Lipinski definition) is 2. The van der Waals surface area contributed by atoms with E-state index in [4.69, 9.17) is 5.73 Å². The van der Waals surface area contributed by atoms with E-state index < -0.39 is 10.0 Å². The lowest BCUT2D eigenvalue weighted by Gasteiger charge is -2.21. The molecule has 1 aliphatic carbocycles. The SMILES string of the molecule is CC(C)N(C)S(=O)(=O)c1ccc(CNC(=O)C2CCC(N)C2)cc1. The van der Waals surface area contributed by atoms with E-state index in [0.29, 0.717) is 6.54 Å². The molecule has 0 spiro atoms. The van der Waals surface area contributed by atoms with Gasteiger partial charge in [-0.1, -0.05) is 12.1 Å². The molecule has 1 aromatic rings. The summed E-state index contributed by atoms with van der Waals surface area (Å²) in [7, 11) is -1.90. The van der Waals surface area contributed by atoms with Crippen molar-refractivity contribution in [3.05, 3.63) is 29.8 Å². The summed E-state index contributed by atoms with van der Waals surface area (Å²) in [6, 6.07) is 6.67.